The minimum atomic E-state index is -0.709. The quantitative estimate of drug-likeness (QED) is 0.600. The summed E-state index contributed by atoms with van der Waals surface area (Å²) in [7, 11) is 1.58. The zero-order chi connectivity index (χ0) is 21.5. The Balaban J connectivity index is 1.56. The Kier molecular flexibility index (Phi) is 6.70. The number of carbonyl (C=O) groups is 2. The van der Waals surface area contributed by atoms with Crippen LogP contribution in [0.4, 0.5) is 11.4 Å². The molecule has 0 saturated carbocycles. The minimum absolute atomic E-state index is 0.207. The molecule has 154 valence electrons. The number of ether oxygens (including phenoxy) is 2. The average molecular weight is 404 g/mol. The van der Waals surface area contributed by atoms with Crippen LogP contribution in [-0.2, 0) is 4.79 Å². The van der Waals surface area contributed by atoms with Crippen molar-refractivity contribution in [2.45, 2.75) is 20.0 Å². The van der Waals surface area contributed by atoms with E-state index in [2.05, 4.69) is 10.6 Å². The van der Waals surface area contributed by atoms with Gasteiger partial charge < -0.3 is 20.1 Å². The first-order valence-electron chi connectivity index (χ1n) is 9.55. The van der Waals surface area contributed by atoms with Gasteiger partial charge in [-0.1, -0.05) is 18.2 Å². The van der Waals surface area contributed by atoms with Crippen molar-refractivity contribution in [1.82, 2.24) is 0 Å². The van der Waals surface area contributed by atoms with Gasteiger partial charge in [-0.2, -0.15) is 0 Å². The monoisotopic (exact) mass is 404 g/mol. The molecule has 2 N–H and O–H groups in total. The molecule has 0 saturated heterocycles. The van der Waals surface area contributed by atoms with Crippen molar-refractivity contribution in [3.05, 3.63) is 83.9 Å². The van der Waals surface area contributed by atoms with Crippen molar-refractivity contribution in [3.63, 3.8) is 0 Å². The second-order valence-electron chi connectivity index (χ2n) is 6.77. The van der Waals surface area contributed by atoms with Crippen LogP contribution in [0.25, 0.3) is 0 Å². The van der Waals surface area contributed by atoms with E-state index in [0.717, 1.165) is 11.3 Å². The predicted molar refractivity (Wildman–Crippen MR) is 117 cm³/mol. The van der Waals surface area contributed by atoms with Crippen LogP contribution >= 0.6 is 0 Å². The molecule has 0 aliphatic carbocycles. The van der Waals surface area contributed by atoms with Gasteiger partial charge in [0.05, 0.1) is 7.11 Å². The van der Waals surface area contributed by atoms with Crippen LogP contribution in [0.3, 0.4) is 0 Å². The largest absolute Gasteiger partial charge is 0.497 e. The Bertz CT molecular complexity index is 1010. The number of methoxy groups -OCH3 is 1. The fourth-order valence-corrected chi connectivity index (χ4v) is 2.77. The molecule has 0 unspecified atom stereocenters. The van der Waals surface area contributed by atoms with Crippen molar-refractivity contribution >= 4 is 23.2 Å². The molecular formula is C24H24N2O4. The fourth-order valence-electron chi connectivity index (χ4n) is 2.77. The van der Waals surface area contributed by atoms with Crippen LogP contribution in [0.1, 0.15) is 22.8 Å². The van der Waals surface area contributed by atoms with E-state index >= 15 is 0 Å². The highest BCUT2D eigenvalue weighted by molar-refractivity contribution is 6.04. The molecule has 0 spiro atoms. The normalized spacial score (nSPS) is 11.3. The summed E-state index contributed by atoms with van der Waals surface area (Å²) in [6, 6.07) is 21.3. The summed E-state index contributed by atoms with van der Waals surface area (Å²) in [5.74, 6) is 0.728. The third-order valence-electron chi connectivity index (χ3n) is 4.55. The predicted octanol–water partition coefficient (Wildman–Crippen LogP) is 4.66. The third-order valence-corrected chi connectivity index (χ3v) is 4.55. The first-order valence-corrected chi connectivity index (χ1v) is 9.55. The van der Waals surface area contributed by atoms with E-state index < -0.39 is 6.10 Å². The summed E-state index contributed by atoms with van der Waals surface area (Å²) in [4.78, 5) is 24.8. The molecule has 0 aliphatic rings. The van der Waals surface area contributed by atoms with E-state index in [1.165, 1.54) is 0 Å². The standard InChI is InChI=1S/C24H24N2O4/c1-16-6-4-5-7-22(16)26-24(28)18-8-12-21(13-9-18)30-17(2)23(27)25-19-10-14-20(29-3)15-11-19/h4-15,17H,1-3H3,(H,25,27)(H,26,28)/t17-/m0/s1. The lowest BCUT2D eigenvalue weighted by Gasteiger charge is -2.15. The molecule has 0 aliphatic heterocycles. The van der Waals surface area contributed by atoms with E-state index in [1.54, 1.807) is 62.6 Å². The number of hydrogen-bond acceptors (Lipinski definition) is 4. The number of nitrogens with one attached hydrogen (secondary N) is 2. The Labute approximate surface area is 175 Å². The number of amides is 2. The van der Waals surface area contributed by atoms with E-state index in [-0.39, 0.29) is 11.8 Å². The number of aryl methyl sites for hydroxylation is 1. The van der Waals surface area contributed by atoms with Crippen molar-refractivity contribution in [2.24, 2.45) is 0 Å². The van der Waals surface area contributed by atoms with Crippen LogP contribution in [0.15, 0.2) is 72.8 Å². The zero-order valence-corrected chi connectivity index (χ0v) is 17.1. The van der Waals surface area contributed by atoms with Crippen molar-refractivity contribution < 1.29 is 19.1 Å². The molecule has 6 heteroatoms. The Hall–Kier alpha value is -3.80. The number of hydrogen-bond donors (Lipinski definition) is 2. The Morgan fingerprint density at radius 1 is 0.833 bits per heavy atom. The Morgan fingerprint density at radius 2 is 1.47 bits per heavy atom. The van der Waals surface area contributed by atoms with Crippen molar-refractivity contribution in [1.29, 1.82) is 0 Å². The molecule has 3 aromatic rings. The second kappa shape index (κ2) is 9.60. The van der Waals surface area contributed by atoms with Crippen LogP contribution in [0, 0.1) is 6.92 Å². The van der Waals surface area contributed by atoms with Gasteiger partial charge in [0.25, 0.3) is 11.8 Å². The van der Waals surface area contributed by atoms with E-state index in [0.29, 0.717) is 22.7 Å². The van der Waals surface area contributed by atoms with Gasteiger partial charge in [0.15, 0.2) is 6.10 Å². The first kappa shape index (κ1) is 20.9. The summed E-state index contributed by atoms with van der Waals surface area (Å²) in [6.45, 7) is 3.60. The molecule has 0 radical (unpaired) electrons. The summed E-state index contributed by atoms with van der Waals surface area (Å²) in [5, 5.41) is 5.68. The molecule has 1 atom stereocenters. The maximum Gasteiger partial charge on any atom is 0.265 e. The Morgan fingerprint density at radius 3 is 2.10 bits per heavy atom. The maximum atomic E-state index is 12.4. The minimum Gasteiger partial charge on any atom is -0.497 e. The SMILES string of the molecule is COc1ccc(NC(=O)[C@H](C)Oc2ccc(C(=O)Nc3ccccc3C)cc2)cc1. The molecule has 2 amide bonds. The lowest BCUT2D eigenvalue weighted by molar-refractivity contribution is -0.122. The molecular weight excluding hydrogens is 380 g/mol. The number of anilines is 2. The van der Waals surface area contributed by atoms with E-state index in [9.17, 15) is 9.59 Å². The van der Waals surface area contributed by atoms with Crippen molar-refractivity contribution in [3.8, 4) is 11.5 Å². The highest BCUT2D eigenvalue weighted by atomic mass is 16.5. The summed E-state index contributed by atoms with van der Waals surface area (Å²) < 4.78 is 10.8. The highest BCUT2D eigenvalue weighted by Gasteiger charge is 2.15. The lowest BCUT2D eigenvalue weighted by atomic mass is 10.1. The number of para-hydroxylation sites is 1. The van der Waals surface area contributed by atoms with Crippen LogP contribution in [-0.4, -0.2) is 25.0 Å². The second-order valence-corrected chi connectivity index (χ2v) is 6.77. The van der Waals surface area contributed by atoms with Gasteiger partial charge in [-0.3, -0.25) is 9.59 Å². The van der Waals surface area contributed by atoms with Crippen LogP contribution < -0.4 is 20.1 Å². The third kappa shape index (κ3) is 5.38. The topological polar surface area (TPSA) is 76.7 Å². The van der Waals surface area contributed by atoms with Gasteiger partial charge in [-0.15, -0.1) is 0 Å². The average Bonchev–Trinajstić information content (AvgIpc) is 2.76. The molecule has 0 heterocycles. The molecule has 0 aromatic heterocycles. The summed E-state index contributed by atoms with van der Waals surface area (Å²) in [5.41, 5.74) is 2.91. The molecule has 30 heavy (non-hydrogen) atoms. The van der Waals surface area contributed by atoms with Gasteiger partial charge in [0.1, 0.15) is 11.5 Å². The number of benzene rings is 3. The maximum absolute atomic E-state index is 12.4. The van der Waals surface area contributed by atoms with Gasteiger partial charge in [0.2, 0.25) is 0 Å². The van der Waals surface area contributed by atoms with Gasteiger partial charge in [-0.25, -0.2) is 0 Å². The molecule has 3 rings (SSSR count). The van der Waals surface area contributed by atoms with Crippen molar-refractivity contribution in [2.75, 3.05) is 17.7 Å². The van der Waals surface area contributed by atoms with Gasteiger partial charge in [-0.05, 0) is 74.0 Å². The van der Waals surface area contributed by atoms with Gasteiger partial charge >= 0.3 is 0 Å². The molecule has 0 bridgehead atoms. The first-order chi connectivity index (χ1) is 14.5. The summed E-state index contributed by atoms with van der Waals surface area (Å²) >= 11 is 0. The summed E-state index contributed by atoms with van der Waals surface area (Å²) in [6.07, 6.45) is -0.709. The highest BCUT2D eigenvalue weighted by Crippen LogP contribution is 2.19. The smallest absolute Gasteiger partial charge is 0.265 e. The van der Waals surface area contributed by atoms with E-state index in [1.807, 2.05) is 31.2 Å². The number of carbonyl (C=O) groups excluding carboxylic acids is 2. The zero-order valence-electron chi connectivity index (χ0n) is 17.1. The molecule has 3 aromatic carbocycles. The number of rotatable bonds is 7. The van der Waals surface area contributed by atoms with E-state index in [4.69, 9.17) is 9.47 Å². The van der Waals surface area contributed by atoms with Crippen LogP contribution in [0.2, 0.25) is 0 Å². The fraction of sp³-hybridized carbons (Fsp3) is 0.167. The molecule has 6 nitrogen and oxygen atoms in total. The van der Waals surface area contributed by atoms with Crippen LogP contribution in [0.5, 0.6) is 11.5 Å². The lowest BCUT2D eigenvalue weighted by Crippen LogP contribution is -2.30. The molecule has 0 fully saturated rings. The van der Waals surface area contributed by atoms with Gasteiger partial charge in [0, 0.05) is 16.9 Å².